The third-order valence-corrected chi connectivity index (χ3v) is 2.89. The van der Waals surface area contributed by atoms with E-state index in [0.717, 1.165) is 6.07 Å². The second kappa shape index (κ2) is 5.23. The highest BCUT2D eigenvalue weighted by molar-refractivity contribution is 9.10. The zero-order valence-corrected chi connectivity index (χ0v) is 11.3. The van der Waals surface area contributed by atoms with Crippen molar-refractivity contribution in [1.82, 2.24) is 9.97 Å². The second-order valence-corrected chi connectivity index (χ2v) is 4.60. The Balaban J connectivity index is 2.40. The number of nitrogens with zero attached hydrogens (tertiary/aromatic N) is 2. The van der Waals surface area contributed by atoms with Crippen LogP contribution in [0, 0.1) is 5.82 Å². The molecule has 0 radical (unpaired) electrons. The van der Waals surface area contributed by atoms with Gasteiger partial charge in [0.15, 0.2) is 0 Å². The SMILES string of the molecule is Nc1ncc(Br)c(Nc2cc(C(F)(F)F)ccc2F)n1. The highest BCUT2D eigenvalue weighted by Gasteiger charge is 2.31. The normalized spacial score (nSPS) is 11.4. The molecule has 0 fully saturated rings. The number of rotatable bonds is 2. The summed E-state index contributed by atoms with van der Waals surface area (Å²) in [5, 5.41) is 2.44. The first-order valence-electron chi connectivity index (χ1n) is 5.19. The van der Waals surface area contributed by atoms with Crippen molar-refractivity contribution in [3.8, 4) is 0 Å². The number of nitrogens with one attached hydrogen (secondary N) is 1. The number of hydrogen-bond donors (Lipinski definition) is 2. The Morgan fingerprint density at radius 3 is 2.60 bits per heavy atom. The predicted octanol–water partition coefficient (Wildman–Crippen LogP) is 3.72. The summed E-state index contributed by atoms with van der Waals surface area (Å²) in [6.07, 6.45) is -3.26. The fourth-order valence-electron chi connectivity index (χ4n) is 1.39. The Morgan fingerprint density at radius 1 is 1.25 bits per heavy atom. The summed E-state index contributed by atoms with van der Waals surface area (Å²) in [6.45, 7) is 0. The highest BCUT2D eigenvalue weighted by Crippen LogP contribution is 2.33. The van der Waals surface area contributed by atoms with E-state index < -0.39 is 17.6 Å². The zero-order valence-electron chi connectivity index (χ0n) is 9.67. The minimum atomic E-state index is -4.56. The Kier molecular flexibility index (Phi) is 3.80. The van der Waals surface area contributed by atoms with Gasteiger partial charge in [0.2, 0.25) is 5.95 Å². The van der Waals surface area contributed by atoms with E-state index in [-0.39, 0.29) is 17.5 Å². The van der Waals surface area contributed by atoms with Crippen molar-refractivity contribution in [1.29, 1.82) is 0 Å². The minimum absolute atomic E-state index is 0.0655. The fraction of sp³-hybridized carbons (Fsp3) is 0.0909. The summed E-state index contributed by atoms with van der Waals surface area (Å²) in [4.78, 5) is 7.43. The molecule has 1 heterocycles. The van der Waals surface area contributed by atoms with Gasteiger partial charge in [0, 0.05) is 6.20 Å². The second-order valence-electron chi connectivity index (χ2n) is 3.74. The molecule has 4 nitrogen and oxygen atoms in total. The van der Waals surface area contributed by atoms with Gasteiger partial charge >= 0.3 is 6.18 Å². The molecular formula is C11H7BrF4N4. The zero-order chi connectivity index (χ0) is 14.9. The topological polar surface area (TPSA) is 63.8 Å². The van der Waals surface area contributed by atoms with Crippen molar-refractivity contribution < 1.29 is 17.6 Å². The van der Waals surface area contributed by atoms with Crippen LogP contribution in [0.5, 0.6) is 0 Å². The molecule has 1 aromatic heterocycles. The van der Waals surface area contributed by atoms with Crippen LogP contribution in [0.4, 0.5) is 35.0 Å². The van der Waals surface area contributed by atoms with E-state index in [1.807, 2.05) is 0 Å². The van der Waals surface area contributed by atoms with Gasteiger partial charge in [-0.25, -0.2) is 9.37 Å². The summed E-state index contributed by atoms with van der Waals surface area (Å²) >= 11 is 3.08. The Labute approximate surface area is 119 Å². The molecule has 0 saturated heterocycles. The monoisotopic (exact) mass is 350 g/mol. The molecule has 0 atom stereocenters. The van der Waals surface area contributed by atoms with Crippen molar-refractivity contribution in [3.05, 3.63) is 40.2 Å². The van der Waals surface area contributed by atoms with Gasteiger partial charge in [0.1, 0.15) is 11.6 Å². The molecule has 20 heavy (non-hydrogen) atoms. The van der Waals surface area contributed by atoms with Crippen LogP contribution in [0.15, 0.2) is 28.9 Å². The molecule has 0 aliphatic rings. The van der Waals surface area contributed by atoms with Gasteiger partial charge in [0.25, 0.3) is 0 Å². The largest absolute Gasteiger partial charge is 0.416 e. The molecule has 0 aliphatic heterocycles. The molecule has 106 valence electrons. The third kappa shape index (κ3) is 3.16. The van der Waals surface area contributed by atoms with Gasteiger partial charge in [-0.05, 0) is 34.1 Å². The van der Waals surface area contributed by atoms with E-state index in [2.05, 4.69) is 31.2 Å². The Morgan fingerprint density at radius 2 is 1.95 bits per heavy atom. The number of halogens is 5. The third-order valence-electron chi connectivity index (χ3n) is 2.31. The van der Waals surface area contributed by atoms with Gasteiger partial charge in [-0.2, -0.15) is 18.2 Å². The minimum Gasteiger partial charge on any atom is -0.368 e. The first-order chi connectivity index (χ1) is 9.27. The van der Waals surface area contributed by atoms with Crippen molar-refractivity contribution in [3.63, 3.8) is 0 Å². The molecule has 0 bridgehead atoms. The Hall–Kier alpha value is -1.90. The standard InChI is InChI=1S/C11H7BrF4N4/c12-6-4-18-10(17)20-9(6)19-8-3-5(11(14,15)16)1-2-7(8)13/h1-4H,(H3,17,18,19,20). The maximum Gasteiger partial charge on any atom is 0.416 e. The van der Waals surface area contributed by atoms with Crippen LogP contribution in [-0.2, 0) is 6.18 Å². The molecule has 0 spiro atoms. The lowest BCUT2D eigenvalue weighted by molar-refractivity contribution is -0.137. The average Bonchev–Trinajstić information content (AvgIpc) is 2.35. The number of anilines is 3. The molecule has 0 saturated carbocycles. The quantitative estimate of drug-likeness (QED) is 0.810. The van der Waals surface area contributed by atoms with E-state index in [1.165, 1.54) is 6.20 Å². The van der Waals surface area contributed by atoms with E-state index in [4.69, 9.17) is 5.73 Å². The van der Waals surface area contributed by atoms with Crippen LogP contribution in [-0.4, -0.2) is 9.97 Å². The lowest BCUT2D eigenvalue weighted by Gasteiger charge is -2.12. The van der Waals surface area contributed by atoms with Crippen LogP contribution >= 0.6 is 15.9 Å². The summed E-state index contributed by atoms with van der Waals surface area (Å²) < 4.78 is 51.6. The molecule has 0 amide bonds. The van der Waals surface area contributed by atoms with Gasteiger partial charge in [0.05, 0.1) is 15.7 Å². The summed E-state index contributed by atoms with van der Waals surface area (Å²) in [5.74, 6) is -0.874. The first kappa shape index (κ1) is 14.5. The smallest absolute Gasteiger partial charge is 0.368 e. The van der Waals surface area contributed by atoms with Gasteiger partial charge in [-0.1, -0.05) is 0 Å². The van der Waals surface area contributed by atoms with Crippen molar-refractivity contribution in [2.75, 3.05) is 11.1 Å². The number of hydrogen-bond acceptors (Lipinski definition) is 4. The van der Waals surface area contributed by atoms with Gasteiger partial charge < -0.3 is 11.1 Å². The molecular weight excluding hydrogens is 344 g/mol. The van der Waals surface area contributed by atoms with Crippen molar-refractivity contribution in [2.24, 2.45) is 0 Å². The number of nitrogens with two attached hydrogens (primary N) is 1. The van der Waals surface area contributed by atoms with Crippen molar-refractivity contribution >= 4 is 33.4 Å². The lowest BCUT2D eigenvalue weighted by atomic mass is 10.2. The first-order valence-corrected chi connectivity index (χ1v) is 5.98. The molecule has 9 heteroatoms. The molecule has 0 unspecified atom stereocenters. The summed E-state index contributed by atoms with van der Waals surface area (Å²) in [6, 6.07) is 2.04. The fourth-order valence-corrected chi connectivity index (χ4v) is 1.68. The van der Waals surface area contributed by atoms with Crippen LogP contribution in [0.3, 0.4) is 0 Å². The van der Waals surface area contributed by atoms with E-state index in [0.29, 0.717) is 16.6 Å². The molecule has 2 rings (SSSR count). The van der Waals surface area contributed by atoms with Crippen LogP contribution in [0.1, 0.15) is 5.56 Å². The average molecular weight is 351 g/mol. The Bertz CT molecular complexity index is 645. The molecule has 1 aromatic carbocycles. The van der Waals surface area contributed by atoms with Crippen LogP contribution in [0.25, 0.3) is 0 Å². The maximum atomic E-state index is 13.6. The number of aromatic nitrogens is 2. The molecule has 2 aromatic rings. The highest BCUT2D eigenvalue weighted by atomic mass is 79.9. The van der Waals surface area contributed by atoms with Gasteiger partial charge in [-0.3, -0.25) is 0 Å². The number of nitrogen functional groups attached to an aromatic ring is 1. The lowest BCUT2D eigenvalue weighted by Crippen LogP contribution is -2.07. The molecule has 3 N–H and O–H groups in total. The van der Waals surface area contributed by atoms with Crippen molar-refractivity contribution in [2.45, 2.75) is 6.18 Å². The van der Waals surface area contributed by atoms with E-state index in [9.17, 15) is 17.6 Å². The number of benzene rings is 1. The number of alkyl halides is 3. The summed E-state index contributed by atoms with van der Waals surface area (Å²) in [5.41, 5.74) is 4.03. The van der Waals surface area contributed by atoms with Gasteiger partial charge in [-0.15, -0.1) is 0 Å². The predicted molar refractivity (Wildman–Crippen MR) is 68.8 cm³/mol. The van der Waals surface area contributed by atoms with Crippen LogP contribution in [0.2, 0.25) is 0 Å². The maximum absolute atomic E-state index is 13.6. The van der Waals surface area contributed by atoms with Crippen LogP contribution < -0.4 is 11.1 Å². The van der Waals surface area contributed by atoms with E-state index >= 15 is 0 Å². The van der Waals surface area contributed by atoms with E-state index in [1.54, 1.807) is 0 Å². The summed E-state index contributed by atoms with van der Waals surface area (Å²) in [7, 11) is 0. The molecule has 0 aliphatic carbocycles.